The fourth-order valence-electron chi connectivity index (χ4n) is 3.37. The molecule has 0 aliphatic heterocycles. The van der Waals surface area contributed by atoms with Gasteiger partial charge in [-0.15, -0.1) is 0 Å². The molecule has 5 heteroatoms. The normalized spacial score (nSPS) is 10.8. The van der Waals surface area contributed by atoms with Gasteiger partial charge in [-0.25, -0.2) is 0 Å². The van der Waals surface area contributed by atoms with E-state index in [1.807, 2.05) is 6.07 Å². The SMILES string of the molecule is Cc1ccc(N(c2ccc(Br)cc2)c2ccc(-c3ccc(OS)s3)cc2)c(C)c1. The smallest absolute Gasteiger partial charge is 0.191 e. The molecular weight excluding hydrogens is 462 g/mol. The van der Waals surface area contributed by atoms with Crippen LogP contribution in [0.4, 0.5) is 17.1 Å². The zero-order valence-corrected chi connectivity index (χ0v) is 19.4. The van der Waals surface area contributed by atoms with Crippen molar-refractivity contribution < 1.29 is 4.18 Å². The van der Waals surface area contributed by atoms with E-state index in [0.717, 1.165) is 31.4 Å². The largest absolute Gasteiger partial charge is 0.418 e. The zero-order valence-electron chi connectivity index (χ0n) is 16.1. The van der Waals surface area contributed by atoms with E-state index in [4.69, 9.17) is 4.18 Å². The molecule has 29 heavy (non-hydrogen) atoms. The van der Waals surface area contributed by atoms with Crippen LogP contribution in [0.2, 0.25) is 0 Å². The van der Waals surface area contributed by atoms with Gasteiger partial charge in [0.1, 0.15) is 0 Å². The summed E-state index contributed by atoms with van der Waals surface area (Å²) in [5.74, 6) is 0. The van der Waals surface area contributed by atoms with Crippen LogP contribution in [0.3, 0.4) is 0 Å². The average molecular weight is 482 g/mol. The number of hydrogen-bond acceptors (Lipinski definition) is 4. The molecule has 0 spiro atoms. The van der Waals surface area contributed by atoms with Gasteiger partial charge >= 0.3 is 0 Å². The van der Waals surface area contributed by atoms with Gasteiger partial charge in [0.2, 0.25) is 0 Å². The van der Waals surface area contributed by atoms with Gasteiger partial charge in [-0.05, 0) is 79.6 Å². The molecular formula is C24H20BrNOS2. The van der Waals surface area contributed by atoms with E-state index >= 15 is 0 Å². The Labute approximate surface area is 189 Å². The Morgan fingerprint density at radius 2 is 1.48 bits per heavy atom. The van der Waals surface area contributed by atoms with Crippen molar-refractivity contribution in [1.29, 1.82) is 0 Å². The fraction of sp³-hybridized carbons (Fsp3) is 0.0833. The van der Waals surface area contributed by atoms with Crippen LogP contribution in [-0.4, -0.2) is 0 Å². The summed E-state index contributed by atoms with van der Waals surface area (Å²) in [6.07, 6.45) is 0. The molecule has 1 aromatic heterocycles. The summed E-state index contributed by atoms with van der Waals surface area (Å²) in [6, 6.07) is 27.6. The lowest BCUT2D eigenvalue weighted by molar-refractivity contribution is 0.679. The van der Waals surface area contributed by atoms with Gasteiger partial charge in [0.25, 0.3) is 0 Å². The number of halogens is 1. The Balaban J connectivity index is 1.77. The minimum absolute atomic E-state index is 0.791. The quantitative estimate of drug-likeness (QED) is 0.226. The van der Waals surface area contributed by atoms with E-state index in [0.29, 0.717) is 0 Å². The van der Waals surface area contributed by atoms with Crippen LogP contribution in [-0.2, 0) is 0 Å². The van der Waals surface area contributed by atoms with Gasteiger partial charge in [0.15, 0.2) is 5.06 Å². The highest BCUT2D eigenvalue weighted by atomic mass is 79.9. The highest BCUT2D eigenvalue weighted by molar-refractivity contribution is 9.10. The molecule has 0 aliphatic carbocycles. The Morgan fingerprint density at radius 1 is 0.828 bits per heavy atom. The van der Waals surface area contributed by atoms with E-state index in [1.165, 1.54) is 16.8 Å². The molecule has 0 bridgehead atoms. The van der Waals surface area contributed by atoms with Crippen molar-refractivity contribution in [2.75, 3.05) is 4.90 Å². The van der Waals surface area contributed by atoms with Crippen LogP contribution in [0.25, 0.3) is 10.4 Å². The van der Waals surface area contributed by atoms with Crippen LogP contribution < -0.4 is 9.08 Å². The summed E-state index contributed by atoms with van der Waals surface area (Å²) in [4.78, 5) is 3.45. The summed E-state index contributed by atoms with van der Waals surface area (Å²) in [5.41, 5.74) is 7.07. The average Bonchev–Trinajstić information content (AvgIpc) is 3.21. The molecule has 0 N–H and O–H groups in total. The second kappa shape index (κ2) is 8.66. The van der Waals surface area contributed by atoms with Crippen molar-refractivity contribution in [3.63, 3.8) is 0 Å². The molecule has 0 saturated carbocycles. The summed E-state index contributed by atoms with van der Waals surface area (Å²) in [6.45, 7) is 4.28. The fourth-order valence-corrected chi connectivity index (χ4v) is 4.59. The minimum Gasteiger partial charge on any atom is -0.418 e. The minimum atomic E-state index is 0.791. The first-order chi connectivity index (χ1) is 14.0. The third-order valence-electron chi connectivity index (χ3n) is 4.76. The number of thiophene rings is 1. The predicted molar refractivity (Wildman–Crippen MR) is 131 cm³/mol. The van der Waals surface area contributed by atoms with Gasteiger partial charge in [0.05, 0.1) is 0 Å². The molecule has 0 atom stereocenters. The van der Waals surface area contributed by atoms with Crippen LogP contribution in [0.5, 0.6) is 5.06 Å². The summed E-state index contributed by atoms with van der Waals surface area (Å²) >= 11 is 9.01. The Kier molecular flexibility index (Phi) is 5.99. The molecule has 146 valence electrons. The van der Waals surface area contributed by atoms with Crippen molar-refractivity contribution in [2.24, 2.45) is 0 Å². The number of thiol groups is 1. The summed E-state index contributed by atoms with van der Waals surface area (Å²) in [7, 11) is 0. The highest BCUT2D eigenvalue weighted by Gasteiger charge is 2.15. The maximum absolute atomic E-state index is 5.03. The number of benzene rings is 3. The molecule has 0 amide bonds. The van der Waals surface area contributed by atoms with Crippen LogP contribution in [0, 0.1) is 13.8 Å². The van der Waals surface area contributed by atoms with Gasteiger partial charge in [-0.1, -0.05) is 57.1 Å². The summed E-state index contributed by atoms with van der Waals surface area (Å²) < 4.78 is 6.09. The van der Waals surface area contributed by atoms with Crippen LogP contribution in [0.15, 0.2) is 83.3 Å². The van der Waals surface area contributed by atoms with Crippen molar-refractivity contribution >= 4 is 57.2 Å². The predicted octanol–water partition coefficient (Wildman–Crippen LogP) is 8.49. The second-order valence-corrected chi connectivity index (χ2v) is 9.00. The molecule has 3 aromatic carbocycles. The number of aryl methyl sites for hydroxylation is 2. The molecule has 2 nitrogen and oxygen atoms in total. The first-order valence-corrected chi connectivity index (χ1v) is 11.2. The van der Waals surface area contributed by atoms with Crippen molar-refractivity contribution in [1.82, 2.24) is 0 Å². The lowest BCUT2D eigenvalue weighted by atomic mass is 10.1. The van der Waals surface area contributed by atoms with Crippen LogP contribution >= 0.6 is 40.2 Å². The van der Waals surface area contributed by atoms with E-state index < -0.39 is 0 Å². The van der Waals surface area contributed by atoms with Crippen molar-refractivity contribution in [2.45, 2.75) is 13.8 Å². The van der Waals surface area contributed by atoms with Crippen molar-refractivity contribution in [3.8, 4) is 15.5 Å². The molecule has 0 fully saturated rings. The molecule has 1 heterocycles. The van der Waals surface area contributed by atoms with E-state index in [2.05, 4.69) is 120 Å². The number of anilines is 3. The summed E-state index contributed by atoms with van der Waals surface area (Å²) in [5, 5.41) is 0.791. The zero-order chi connectivity index (χ0) is 20.4. The molecule has 0 aliphatic rings. The lowest BCUT2D eigenvalue weighted by Gasteiger charge is -2.27. The first-order valence-electron chi connectivity index (χ1n) is 9.20. The first kappa shape index (κ1) is 20.1. The second-order valence-electron chi connectivity index (χ2n) is 6.86. The highest BCUT2D eigenvalue weighted by Crippen LogP contribution is 2.39. The lowest BCUT2D eigenvalue weighted by Crippen LogP contribution is -2.11. The molecule has 0 radical (unpaired) electrons. The third-order valence-corrected chi connectivity index (χ3v) is 6.62. The van der Waals surface area contributed by atoms with Gasteiger partial charge in [-0.3, -0.25) is 0 Å². The molecule has 4 aromatic rings. The van der Waals surface area contributed by atoms with Gasteiger partial charge in [0, 0.05) is 39.3 Å². The molecule has 0 saturated heterocycles. The molecule has 0 unspecified atom stereocenters. The number of nitrogens with zero attached hydrogens (tertiary/aromatic N) is 1. The van der Waals surface area contributed by atoms with E-state index in [1.54, 1.807) is 11.3 Å². The monoisotopic (exact) mass is 481 g/mol. The number of hydrogen-bond donors (Lipinski definition) is 1. The third kappa shape index (κ3) is 4.37. The van der Waals surface area contributed by atoms with Gasteiger partial charge < -0.3 is 9.08 Å². The van der Waals surface area contributed by atoms with E-state index in [9.17, 15) is 0 Å². The topological polar surface area (TPSA) is 12.5 Å². The Morgan fingerprint density at radius 3 is 2.07 bits per heavy atom. The molecule has 4 rings (SSSR count). The van der Waals surface area contributed by atoms with Crippen LogP contribution in [0.1, 0.15) is 11.1 Å². The van der Waals surface area contributed by atoms with E-state index in [-0.39, 0.29) is 0 Å². The Bertz CT molecular complexity index is 1120. The van der Waals surface area contributed by atoms with Gasteiger partial charge in [-0.2, -0.15) is 0 Å². The maximum atomic E-state index is 5.03. The number of rotatable bonds is 5. The Hall–Kier alpha value is -2.21. The van der Waals surface area contributed by atoms with Crippen molar-refractivity contribution in [3.05, 3.63) is 94.5 Å². The maximum Gasteiger partial charge on any atom is 0.191 e. The standard InChI is InChI=1S/C24H20BrNOS2/c1-16-3-12-22(17(2)15-16)26(21-10-6-19(25)7-11-21)20-8-4-18(5-9-20)23-13-14-24(27-28)29-23/h3-15,28H,1-2H3.